The zero-order chi connectivity index (χ0) is 11.4. The number of carboxylic acids is 1. The molecule has 2 aromatic heterocycles. The second-order valence-electron chi connectivity index (χ2n) is 3.05. The first-order chi connectivity index (χ1) is 7.75. The minimum absolute atomic E-state index is 0.0537. The van der Waals surface area contributed by atoms with Crippen molar-refractivity contribution in [2.45, 2.75) is 6.54 Å². The van der Waals surface area contributed by atoms with E-state index in [1.54, 1.807) is 18.5 Å². The van der Waals surface area contributed by atoms with Crippen molar-refractivity contribution in [3.8, 4) is 0 Å². The maximum atomic E-state index is 10.6. The van der Waals surface area contributed by atoms with E-state index in [1.807, 2.05) is 5.38 Å². The van der Waals surface area contributed by atoms with Gasteiger partial charge < -0.3 is 10.4 Å². The first kappa shape index (κ1) is 10.6. The average molecular weight is 235 g/mol. The van der Waals surface area contributed by atoms with E-state index in [9.17, 15) is 4.79 Å². The molecule has 0 atom stereocenters. The number of carbonyl (C=O) groups is 1. The number of nitrogens with zero attached hydrogens (tertiary/aromatic N) is 2. The lowest BCUT2D eigenvalue weighted by atomic mass is 10.2. The Morgan fingerprint density at radius 1 is 1.44 bits per heavy atom. The summed E-state index contributed by atoms with van der Waals surface area (Å²) in [5, 5.41) is 14.5. The third kappa shape index (κ3) is 2.54. The van der Waals surface area contributed by atoms with Crippen molar-refractivity contribution >= 4 is 22.4 Å². The Morgan fingerprint density at radius 3 is 2.88 bits per heavy atom. The molecule has 0 saturated carbocycles. The number of thiazole rings is 1. The molecule has 0 fully saturated rings. The predicted molar refractivity (Wildman–Crippen MR) is 60.6 cm³/mol. The molecule has 0 aliphatic heterocycles. The number of nitrogens with one attached hydrogen (secondary N) is 1. The quantitative estimate of drug-likeness (QED) is 0.845. The molecule has 2 rings (SSSR count). The van der Waals surface area contributed by atoms with Crippen LogP contribution in [0.4, 0.5) is 5.13 Å². The Labute approximate surface area is 95.8 Å². The molecule has 0 spiro atoms. The highest BCUT2D eigenvalue weighted by molar-refractivity contribution is 7.13. The summed E-state index contributed by atoms with van der Waals surface area (Å²) in [7, 11) is 0. The van der Waals surface area contributed by atoms with Crippen LogP contribution < -0.4 is 5.32 Å². The van der Waals surface area contributed by atoms with Gasteiger partial charge in [0.15, 0.2) is 5.13 Å². The Hall–Kier alpha value is -1.95. The summed E-state index contributed by atoms with van der Waals surface area (Å²) >= 11 is 1.51. The molecule has 82 valence electrons. The van der Waals surface area contributed by atoms with Gasteiger partial charge in [0, 0.05) is 24.3 Å². The van der Waals surface area contributed by atoms with E-state index in [1.165, 1.54) is 17.4 Å². The zero-order valence-corrected chi connectivity index (χ0v) is 9.07. The van der Waals surface area contributed by atoms with Crippen LogP contribution in [-0.2, 0) is 6.54 Å². The third-order valence-corrected chi connectivity index (χ3v) is 2.65. The van der Waals surface area contributed by atoms with E-state index in [2.05, 4.69) is 15.3 Å². The monoisotopic (exact) mass is 235 g/mol. The van der Waals surface area contributed by atoms with Crippen molar-refractivity contribution in [3.63, 3.8) is 0 Å². The van der Waals surface area contributed by atoms with Crippen LogP contribution in [-0.4, -0.2) is 21.0 Å². The van der Waals surface area contributed by atoms with E-state index in [4.69, 9.17) is 5.11 Å². The number of carboxylic acid groups (broad SMARTS) is 1. The fourth-order valence-electron chi connectivity index (χ4n) is 1.14. The number of aromatic carboxylic acids is 1. The van der Waals surface area contributed by atoms with Crippen molar-refractivity contribution in [3.05, 3.63) is 41.2 Å². The molecule has 6 heteroatoms. The lowest BCUT2D eigenvalue weighted by Gasteiger charge is -2.02. The van der Waals surface area contributed by atoms with Gasteiger partial charge in [0.25, 0.3) is 0 Å². The summed E-state index contributed by atoms with van der Waals surface area (Å²) in [6, 6.07) is 3.22. The first-order valence-corrected chi connectivity index (χ1v) is 5.45. The molecule has 0 aliphatic rings. The summed E-state index contributed by atoms with van der Waals surface area (Å²) in [6.45, 7) is 0.584. The van der Waals surface area contributed by atoms with Gasteiger partial charge in [0.05, 0.1) is 0 Å². The van der Waals surface area contributed by atoms with Gasteiger partial charge in [-0.1, -0.05) is 6.07 Å². The van der Waals surface area contributed by atoms with Crippen molar-refractivity contribution in [2.75, 3.05) is 5.32 Å². The van der Waals surface area contributed by atoms with Crippen LogP contribution in [0.3, 0.4) is 0 Å². The average Bonchev–Trinajstić information content (AvgIpc) is 2.80. The fourth-order valence-corrected chi connectivity index (χ4v) is 1.67. The van der Waals surface area contributed by atoms with Crippen molar-refractivity contribution < 1.29 is 9.90 Å². The summed E-state index contributed by atoms with van der Waals surface area (Å²) in [4.78, 5) is 18.5. The van der Waals surface area contributed by atoms with Crippen LogP contribution in [0.1, 0.15) is 16.1 Å². The molecule has 16 heavy (non-hydrogen) atoms. The molecule has 0 unspecified atom stereocenters. The predicted octanol–water partition coefficient (Wildman–Crippen LogP) is 1.85. The first-order valence-electron chi connectivity index (χ1n) is 4.57. The van der Waals surface area contributed by atoms with Crippen LogP contribution >= 0.6 is 11.3 Å². The summed E-state index contributed by atoms with van der Waals surface area (Å²) in [6.07, 6.45) is 3.27. The van der Waals surface area contributed by atoms with Crippen molar-refractivity contribution in [2.24, 2.45) is 0 Å². The normalized spacial score (nSPS) is 10.0. The number of pyridine rings is 1. The number of anilines is 1. The van der Waals surface area contributed by atoms with Crippen LogP contribution in [0.5, 0.6) is 0 Å². The van der Waals surface area contributed by atoms with Crippen molar-refractivity contribution in [1.82, 2.24) is 9.97 Å². The van der Waals surface area contributed by atoms with Crippen molar-refractivity contribution in [1.29, 1.82) is 0 Å². The minimum Gasteiger partial charge on any atom is -0.477 e. The molecular weight excluding hydrogens is 226 g/mol. The smallest absolute Gasteiger partial charge is 0.354 e. The molecule has 0 saturated heterocycles. The largest absolute Gasteiger partial charge is 0.477 e. The second kappa shape index (κ2) is 4.71. The fraction of sp³-hybridized carbons (Fsp3) is 0.100. The second-order valence-corrected chi connectivity index (χ2v) is 3.94. The van der Waals surface area contributed by atoms with E-state index >= 15 is 0 Å². The molecule has 0 aliphatic carbocycles. The summed E-state index contributed by atoms with van der Waals surface area (Å²) in [5.41, 5.74) is 0.971. The van der Waals surface area contributed by atoms with E-state index in [0.29, 0.717) is 6.54 Å². The molecule has 2 N–H and O–H groups in total. The zero-order valence-electron chi connectivity index (χ0n) is 8.25. The Balaban J connectivity index is 1.98. The maximum Gasteiger partial charge on any atom is 0.354 e. The van der Waals surface area contributed by atoms with E-state index in [0.717, 1.165) is 10.7 Å². The van der Waals surface area contributed by atoms with Gasteiger partial charge in [0.2, 0.25) is 0 Å². The van der Waals surface area contributed by atoms with Gasteiger partial charge in [-0.25, -0.2) is 14.8 Å². The number of rotatable bonds is 4. The Kier molecular flexibility index (Phi) is 3.11. The topological polar surface area (TPSA) is 75.1 Å². The van der Waals surface area contributed by atoms with Crippen LogP contribution in [0.25, 0.3) is 0 Å². The van der Waals surface area contributed by atoms with E-state index in [-0.39, 0.29) is 5.69 Å². The van der Waals surface area contributed by atoms with Gasteiger partial charge in [0.1, 0.15) is 5.69 Å². The van der Waals surface area contributed by atoms with Gasteiger partial charge in [-0.15, -0.1) is 11.3 Å². The van der Waals surface area contributed by atoms with Gasteiger partial charge in [-0.3, -0.25) is 0 Å². The molecule has 2 heterocycles. The highest BCUT2D eigenvalue weighted by atomic mass is 32.1. The number of hydrogen-bond acceptors (Lipinski definition) is 5. The Morgan fingerprint density at radius 2 is 2.31 bits per heavy atom. The SMILES string of the molecule is O=C(O)c1ccc(CNc2nccs2)cn1. The lowest BCUT2D eigenvalue weighted by Crippen LogP contribution is -2.03. The highest BCUT2D eigenvalue weighted by Gasteiger charge is 2.03. The minimum atomic E-state index is -1.01. The van der Waals surface area contributed by atoms with Gasteiger partial charge >= 0.3 is 5.97 Å². The molecule has 5 nitrogen and oxygen atoms in total. The summed E-state index contributed by atoms with van der Waals surface area (Å²) in [5.74, 6) is -1.01. The molecule has 0 radical (unpaired) electrons. The molecule has 0 aromatic carbocycles. The third-order valence-electron chi connectivity index (χ3n) is 1.92. The molecule has 0 bridgehead atoms. The van der Waals surface area contributed by atoms with Gasteiger partial charge in [-0.05, 0) is 11.6 Å². The van der Waals surface area contributed by atoms with Crippen LogP contribution in [0.15, 0.2) is 29.9 Å². The standard InChI is InChI=1S/C10H9N3O2S/c14-9(15)8-2-1-7(5-12-8)6-13-10-11-3-4-16-10/h1-5H,6H2,(H,11,13)(H,14,15). The molecule has 0 amide bonds. The number of aromatic nitrogens is 2. The van der Waals surface area contributed by atoms with Crippen LogP contribution in [0.2, 0.25) is 0 Å². The summed E-state index contributed by atoms with van der Waals surface area (Å²) < 4.78 is 0. The van der Waals surface area contributed by atoms with Crippen LogP contribution in [0, 0.1) is 0 Å². The molecular formula is C10H9N3O2S. The lowest BCUT2D eigenvalue weighted by molar-refractivity contribution is 0.0690. The molecule has 2 aromatic rings. The Bertz CT molecular complexity index is 467. The van der Waals surface area contributed by atoms with E-state index < -0.39 is 5.97 Å². The van der Waals surface area contributed by atoms with Gasteiger partial charge in [-0.2, -0.15) is 0 Å². The number of hydrogen-bond donors (Lipinski definition) is 2. The maximum absolute atomic E-state index is 10.6. The highest BCUT2D eigenvalue weighted by Crippen LogP contribution is 2.11.